The second kappa shape index (κ2) is 11.4. The summed E-state index contributed by atoms with van der Waals surface area (Å²) in [6, 6.07) is 12.1. The molecule has 1 aromatic heterocycles. The van der Waals surface area contributed by atoms with Gasteiger partial charge in [0.1, 0.15) is 5.75 Å². The summed E-state index contributed by atoms with van der Waals surface area (Å²) in [5.74, 6) is -0.967. The molecule has 3 aromatic rings. The summed E-state index contributed by atoms with van der Waals surface area (Å²) in [5.41, 5.74) is 0.779. The molecule has 0 bridgehead atoms. The molecular formula is C23H20Cl2F3N3O3. The van der Waals surface area contributed by atoms with Crippen LogP contribution in [0.4, 0.5) is 18.9 Å². The van der Waals surface area contributed by atoms with Crippen molar-refractivity contribution in [3.8, 4) is 11.6 Å². The number of anilines is 1. The lowest BCUT2D eigenvalue weighted by atomic mass is 10.0. The molecule has 6 nitrogen and oxygen atoms in total. The van der Waals surface area contributed by atoms with Gasteiger partial charge >= 0.3 is 12.1 Å². The molecule has 0 saturated heterocycles. The van der Waals surface area contributed by atoms with Crippen molar-refractivity contribution >= 4 is 34.9 Å². The van der Waals surface area contributed by atoms with E-state index in [1.165, 1.54) is 24.4 Å². The zero-order chi connectivity index (χ0) is 24.7. The minimum atomic E-state index is -4.59. The summed E-state index contributed by atoms with van der Waals surface area (Å²) in [7, 11) is 0. The summed E-state index contributed by atoms with van der Waals surface area (Å²) in [6.07, 6.45) is -3.08. The molecular weight excluding hydrogens is 494 g/mol. The molecule has 0 amide bonds. The van der Waals surface area contributed by atoms with E-state index in [0.29, 0.717) is 22.3 Å². The van der Waals surface area contributed by atoms with Gasteiger partial charge in [-0.25, -0.2) is 4.98 Å². The molecule has 0 spiro atoms. The minimum absolute atomic E-state index is 0.0137. The highest BCUT2D eigenvalue weighted by molar-refractivity contribution is 6.42. The number of pyridine rings is 1. The quantitative estimate of drug-likeness (QED) is 0.287. The van der Waals surface area contributed by atoms with Gasteiger partial charge in [-0.15, -0.1) is 0 Å². The fourth-order valence-electron chi connectivity index (χ4n) is 3.04. The first-order chi connectivity index (χ1) is 16.1. The minimum Gasteiger partial charge on any atom is -0.480 e. The zero-order valence-corrected chi connectivity index (χ0v) is 19.1. The average molecular weight is 514 g/mol. The summed E-state index contributed by atoms with van der Waals surface area (Å²) in [4.78, 5) is 14.7. The Bertz CT molecular complexity index is 1140. The van der Waals surface area contributed by atoms with Crippen LogP contribution in [0.2, 0.25) is 10.0 Å². The standard InChI is InChI=1S/C23H20Cl2F3N3O3/c24-19-5-1-14(9-20(19)25)11-30-16-3-6-21(31-12-16)34-17-4-2-15(7-8-29-13-22(32)33)18(10-17)23(26,27)28/h1-6,9-10,12,29-30H,7-8,11,13H2,(H,32,33). The van der Waals surface area contributed by atoms with Gasteiger partial charge in [0, 0.05) is 12.6 Å². The van der Waals surface area contributed by atoms with Gasteiger partial charge in [0.25, 0.3) is 0 Å². The van der Waals surface area contributed by atoms with Gasteiger partial charge in [0.05, 0.1) is 34.0 Å². The topological polar surface area (TPSA) is 83.5 Å². The smallest absolute Gasteiger partial charge is 0.416 e. The van der Waals surface area contributed by atoms with Crippen LogP contribution in [0.15, 0.2) is 54.7 Å². The predicted molar refractivity (Wildman–Crippen MR) is 124 cm³/mol. The Labute approximate surface area is 203 Å². The number of halogens is 5. The zero-order valence-electron chi connectivity index (χ0n) is 17.6. The Kier molecular flexibility index (Phi) is 8.60. The lowest BCUT2D eigenvalue weighted by Crippen LogP contribution is -2.25. The molecule has 3 N–H and O–H groups in total. The van der Waals surface area contributed by atoms with Crippen molar-refractivity contribution in [2.75, 3.05) is 18.4 Å². The maximum absolute atomic E-state index is 13.5. The highest BCUT2D eigenvalue weighted by atomic mass is 35.5. The van der Waals surface area contributed by atoms with Crippen molar-refractivity contribution in [1.82, 2.24) is 10.3 Å². The van der Waals surface area contributed by atoms with Crippen molar-refractivity contribution in [3.63, 3.8) is 0 Å². The summed E-state index contributed by atoms with van der Waals surface area (Å²) < 4.78 is 46.1. The first-order valence-electron chi connectivity index (χ1n) is 10.1. The van der Waals surface area contributed by atoms with Crippen LogP contribution < -0.4 is 15.4 Å². The third-order valence-corrected chi connectivity index (χ3v) is 5.41. The van der Waals surface area contributed by atoms with E-state index in [1.807, 2.05) is 6.07 Å². The van der Waals surface area contributed by atoms with Gasteiger partial charge < -0.3 is 20.5 Å². The molecule has 34 heavy (non-hydrogen) atoms. The van der Waals surface area contributed by atoms with E-state index in [1.54, 1.807) is 18.2 Å². The fraction of sp³-hybridized carbons (Fsp3) is 0.217. The molecule has 0 radical (unpaired) electrons. The van der Waals surface area contributed by atoms with Gasteiger partial charge in [0.15, 0.2) is 0 Å². The van der Waals surface area contributed by atoms with Crippen LogP contribution >= 0.6 is 23.2 Å². The highest BCUT2D eigenvalue weighted by Gasteiger charge is 2.33. The number of alkyl halides is 3. The number of carboxylic acids is 1. The molecule has 0 atom stereocenters. The summed E-state index contributed by atoms with van der Waals surface area (Å²) >= 11 is 11.9. The molecule has 11 heteroatoms. The largest absolute Gasteiger partial charge is 0.480 e. The van der Waals surface area contributed by atoms with E-state index >= 15 is 0 Å². The average Bonchev–Trinajstić information content (AvgIpc) is 2.78. The van der Waals surface area contributed by atoms with Crippen LogP contribution in [0, 0.1) is 0 Å². The Morgan fingerprint density at radius 2 is 1.85 bits per heavy atom. The normalized spacial score (nSPS) is 11.3. The second-order valence-electron chi connectivity index (χ2n) is 7.23. The molecule has 0 unspecified atom stereocenters. The van der Waals surface area contributed by atoms with Crippen molar-refractivity contribution in [1.29, 1.82) is 0 Å². The maximum atomic E-state index is 13.5. The molecule has 3 rings (SSSR count). The predicted octanol–water partition coefficient (Wildman–Crippen LogP) is 6.03. The molecule has 0 fully saturated rings. The number of hydrogen-bond acceptors (Lipinski definition) is 5. The third-order valence-electron chi connectivity index (χ3n) is 4.67. The van der Waals surface area contributed by atoms with E-state index in [9.17, 15) is 18.0 Å². The van der Waals surface area contributed by atoms with Gasteiger partial charge in [-0.1, -0.05) is 35.3 Å². The Hall–Kier alpha value is -3.01. The van der Waals surface area contributed by atoms with E-state index < -0.39 is 17.7 Å². The Morgan fingerprint density at radius 3 is 2.50 bits per heavy atom. The number of carbonyl (C=O) groups is 1. The number of hydrogen-bond donors (Lipinski definition) is 3. The summed E-state index contributed by atoms with van der Waals surface area (Å²) in [6.45, 7) is 0.233. The maximum Gasteiger partial charge on any atom is 0.416 e. The van der Waals surface area contributed by atoms with E-state index in [4.69, 9.17) is 33.0 Å². The van der Waals surface area contributed by atoms with Crippen LogP contribution in [-0.4, -0.2) is 29.1 Å². The van der Waals surface area contributed by atoms with Gasteiger partial charge in [-0.3, -0.25) is 4.79 Å². The van der Waals surface area contributed by atoms with Crippen LogP contribution in [0.3, 0.4) is 0 Å². The van der Waals surface area contributed by atoms with Crippen molar-refractivity contribution in [2.24, 2.45) is 0 Å². The van der Waals surface area contributed by atoms with Crippen molar-refractivity contribution < 1.29 is 27.8 Å². The van der Waals surface area contributed by atoms with Crippen LogP contribution in [0.5, 0.6) is 11.6 Å². The number of rotatable bonds is 10. The van der Waals surface area contributed by atoms with Crippen molar-refractivity contribution in [3.05, 3.63) is 81.5 Å². The van der Waals surface area contributed by atoms with Crippen LogP contribution in [0.1, 0.15) is 16.7 Å². The van der Waals surface area contributed by atoms with Gasteiger partial charge in [0.2, 0.25) is 5.88 Å². The number of carboxylic acid groups (broad SMARTS) is 1. The third kappa shape index (κ3) is 7.51. The SMILES string of the molecule is O=C(O)CNCCc1ccc(Oc2ccc(NCc3ccc(Cl)c(Cl)c3)cn2)cc1C(F)(F)F. The van der Waals surface area contributed by atoms with E-state index in [2.05, 4.69) is 15.6 Å². The number of nitrogens with one attached hydrogen (secondary N) is 2. The van der Waals surface area contributed by atoms with E-state index in [0.717, 1.165) is 11.6 Å². The molecule has 0 aliphatic carbocycles. The fourth-order valence-corrected chi connectivity index (χ4v) is 3.36. The first kappa shape index (κ1) is 25.6. The first-order valence-corrected chi connectivity index (χ1v) is 10.8. The number of nitrogens with zero attached hydrogens (tertiary/aromatic N) is 1. The number of benzene rings is 2. The van der Waals surface area contributed by atoms with Gasteiger partial charge in [-0.05, 0) is 54.4 Å². The summed E-state index contributed by atoms with van der Waals surface area (Å²) in [5, 5.41) is 15.2. The lowest BCUT2D eigenvalue weighted by Gasteiger charge is -2.15. The lowest BCUT2D eigenvalue weighted by molar-refractivity contribution is -0.138. The highest BCUT2D eigenvalue weighted by Crippen LogP contribution is 2.35. The van der Waals surface area contributed by atoms with Crippen LogP contribution in [0.25, 0.3) is 0 Å². The number of aliphatic carboxylic acids is 1. The Balaban J connectivity index is 1.63. The van der Waals surface area contributed by atoms with Crippen molar-refractivity contribution in [2.45, 2.75) is 19.1 Å². The molecule has 0 aliphatic heterocycles. The Morgan fingerprint density at radius 1 is 1.06 bits per heavy atom. The molecule has 0 aliphatic rings. The second-order valence-corrected chi connectivity index (χ2v) is 8.04. The monoisotopic (exact) mass is 513 g/mol. The molecule has 0 saturated carbocycles. The van der Waals surface area contributed by atoms with E-state index in [-0.39, 0.29) is 36.7 Å². The van der Waals surface area contributed by atoms with Crippen LogP contribution in [-0.2, 0) is 23.9 Å². The number of ether oxygens (including phenoxy) is 1. The number of aromatic nitrogens is 1. The molecule has 180 valence electrons. The molecule has 2 aromatic carbocycles. The molecule has 1 heterocycles. The van der Waals surface area contributed by atoms with Gasteiger partial charge in [-0.2, -0.15) is 13.2 Å².